The molecule has 8 nitrogen and oxygen atoms in total. The Morgan fingerprint density at radius 1 is 1.26 bits per heavy atom. The van der Waals surface area contributed by atoms with E-state index in [0.29, 0.717) is 0 Å². The smallest absolute Gasteiger partial charge is 0.222 e. The van der Waals surface area contributed by atoms with Gasteiger partial charge < -0.3 is 0 Å². The summed E-state index contributed by atoms with van der Waals surface area (Å²) < 4.78 is 49.5. The number of sulfone groups is 1. The fourth-order valence-corrected chi connectivity index (χ4v) is 3.21. The van der Waals surface area contributed by atoms with E-state index in [1.54, 1.807) is 10.8 Å². The summed E-state index contributed by atoms with van der Waals surface area (Å²) in [5.74, 6) is -0.977. The number of benzene rings is 1. The summed E-state index contributed by atoms with van der Waals surface area (Å²) in [5, 5.41) is 8.64. The predicted molar refractivity (Wildman–Crippen MR) is 63.4 cm³/mol. The molecular weight excluding hydrogens is 294 g/mol. The van der Waals surface area contributed by atoms with Crippen LogP contribution in [0.4, 0.5) is 0 Å². The molecule has 1 aromatic carbocycles. The highest BCUT2D eigenvalue weighted by atomic mass is 32.2. The molecule has 0 unspecified atom stereocenters. The second-order valence-electron chi connectivity index (χ2n) is 3.20. The fourth-order valence-electron chi connectivity index (χ4n) is 1.08. The van der Waals surface area contributed by atoms with Crippen molar-refractivity contribution in [2.24, 2.45) is 4.40 Å². The minimum Gasteiger partial charge on any atom is -0.222 e. The maximum absolute atomic E-state index is 11.8. The van der Waals surface area contributed by atoms with E-state index in [2.05, 4.69) is 4.40 Å². The van der Waals surface area contributed by atoms with E-state index in [0.717, 1.165) is 12.1 Å². The molecule has 19 heavy (non-hydrogen) atoms. The maximum Gasteiger partial charge on any atom is 0.331 e. The van der Waals surface area contributed by atoms with Crippen LogP contribution in [0.25, 0.3) is 0 Å². The van der Waals surface area contributed by atoms with Crippen molar-refractivity contribution in [3.63, 3.8) is 0 Å². The summed E-state index contributed by atoms with van der Waals surface area (Å²) in [5.41, 5.74) is 0.120. The monoisotopic (exact) mass is 301 g/mol. The first-order valence-corrected chi connectivity index (χ1v) is 7.71. The van der Waals surface area contributed by atoms with E-state index in [4.69, 9.17) is 5.26 Å². The van der Waals surface area contributed by atoms with Crippen molar-refractivity contribution < 1.29 is 21.6 Å². The second-order valence-corrected chi connectivity index (χ2v) is 6.61. The molecule has 10 heteroatoms. The number of isocyanates is 1. The van der Waals surface area contributed by atoms with E-state index in [9.17, 15) is 21.6 Å². The van der Waals surface area contributed by atoms with Gasteiger partial charge in [-0.1, -0.05) is 10.5 Å². The molecule has 0 fully saturated rings. The normalized spacial score (nSPS) is 11.3. The molecule has 0 aromatic heterocycles. The van der Waals surface area contributed by atoms with Gasteiger partial charge in [-0.05, 0) is 18.2 Å². The lowest BCUT2D eigenvalue weighted by Gasteiger charge is -2.04. The average molecular weight is 301 g/mol. The molecule has 1 aromatic rings. The van der Waals surface area contributed by atoms with Gasteiger partial charge >= 0.3 is 10.2 Å². The van der Waals surface area contributed by atoms with Crippen LogP contribution in [0.1, 0.15) is 5.56 Å². The standard InChI is InChI=1S/C9H7N3O5S2/c10-5-8-2-1-3-9(4-8)18(14,15)7-12-19(16,17)11-6-13/h1-4,12H,7H2. The Labute approximate surface area is 109 Å². The Morgan fingerprint density at radius 2 is 1.95 bits per heavy atom. The predicted octanol–water partition coefficient (Wildman–Crippen LogP) is -0.540. The molecular formula is C9H7N3O5S2. The molecule has 0 radical (unpaired) electrons. The third kappa shape index (κ3) is 4.27. The van der Waals surface area contributed by atoms with E-state index < -0.39 is 25.9 Å². The van der Waals surface area contributed by atoms with Crippen LogP contribution in [0.5, 0.6) is 0 Å². The minimum atomic E-state index is -4.38. The van der Waals surface area contributed by atoms with E-state index >= 15 is 0 Å². The van der Waals surface area contributed by atoms with E-state index in [1.165, 1.54) is 18.2 Å². The molecule has 0 saturated heterocycles. The summed E-state index contributed by atoms with van der Waals surface area (Å²) in [4.78, 5) is 9.58. The van der Waals surface area contributed by atoms with Crippen molar-refractivity contribution in [3.8, 4) is 6.07 Å². The number of nitrogens with zero attached hydrogens (tertiary/aromatic N) is 2. The van der Waals surface area contributed by atoms with Gasteiger partial charge in [0.1, 0.15) is 5.88 Å². The van der Waals surface area contributed by atoms with Crippen LogP contribution in [0, 0.1) is 11.3 Å². The molecule has 0 saturated carbocycles. The Kier molecular flexibility index (Phi) is 4.52. The first kappa shape index (κ1) is 15.0. The minimum absolute atomic E-state index is 0.120. The van der Waals surface area contributed by atoms with Crippen LogP contribution in [0.2, 0.25) is 0 Å². The lowest BCUT2D eigenvalue weighted by molar-refractivity contribution is 0.561. The van der Waals surface area contributed by atoms with E-state index in [1.807, 2.05) is 0 Å². The zero-order chi connectivity index (χ0) is 14.5. The van der Waals surface area contributed by atoms with Gasteiger partial charge in [-0.3, -0.25) is 0 Å². The van der Waals surface area contributed by atoms with Crippen molar-refractivity contribution in [1.82, 2.24) is 4.72 Å². The molecule has 1 rings (SSSR count). The molecule has 0 aliphatic heterocycles. The van der Waals surface area contributed by atoms with Crippen LogP contribution >= 0.6 is 0 Å². The summed E-state index contributed by atoms with van der Waals surface area (Å²) in [7, 11) is -8.36. The number of rotatable bonds is 5. The van der Waals surface area contributed by atoms with Crippen LogP contribution in [-0.4, -0.2) is 28.8 Å². The molecule has 0 spiro atoms. The second kappa shape index (κ2) is 5.73. The Hall–Kier alpha value is -2.05. The third-order valence-corrected chi connectivity index (χ3v) is 4.41. The van der Waals surface area contributed by atoms with E-state index in [-0.39, 0.29) is 10.5 Å². The SMILES string of the molecule is N#Cc1cccc(S(=O)(=O)CNS(=O)(=O)N=C=O)c1. The highest BCUT2D eigenvalue weighted by molar-refractivity contribution is 7.93. The molecule has 1 N–H and O–H groups in total. The Morgan fingerprint density at radius 3 is 2.53 bits per heavy atom. The number of hydrogen-bond acceptors (Lipinski definition) is 6. The number of carbonyl (C=O) groups excluding carboxylic acids is 1. The molecule has 0 aliphatic carbocycles. The van der Waals surface area contributed by atoms with Gasteiger partial charge in [-0.2, -0.15) is 18.4 Å². The summed E-state index contributed by atoms with van der Waals surface area (Å²) in [6.07, 6.45) is 0.789. The zero-order valence-electron chi connectivity index (χ0n) is 9.27. The van der Waals surface area contributed by atoms with Crippen molar-refractivity contribution in [2.45, 2.75) is 4.90 Å². The summed E-state index contributed by atoms with van der Waals surface area (Å²) in [6.45, 7) is 0. The summed E-state index contributed by atoms with van der Waals surface area (Å²) in [6, 6.07) is 6.83. The van der Waals surface area contributed by atoms with Crippen LogP contribution in [-0.2, 0) is 24.8 Å². The van der Waals surface area contributed by atoms with Gasteiger partial charge in [-0.15, -0.1) is 0 Å². The zero-order valence-corrected chi connectivity index (χ0v) is 10.9. The van der Waals surface area contributed by atoms with Crippen molar-refractivity contribution in [3.05, 3.63) is 29.8 Å². The van der Waals surface area contributed by atoms with Crippen molar-refractivity contribution in [2.75, 3.05) is 5.88 Å². The van der Waals surface area contributed by atoms with Crippen LogP contribution < -0.4 is 4.72 Å². The van der Waals surface area contributed by atoms with Gasteiger partial charge in [0.05, 0.1) is 16.5 Å². The highest BCUT2D eigenvalue weighted by Crippen LogP contribution is 2.12. The van der Waals surface area contributed by atoms with Gasteiger partial charge in [0.2, 0.25) is 0 Å². The topological polar surface area (TPSA) is 134 Å². The van der Waals surface area contributed by atoms with Crippen molar-refractivity contribution in [1.29, 1.82) is 5.26 Å². The average Bonchev–Trinajstić information content (AvgIpc) is 2.37. The van der Waals surface area contributed by atoms with Gasteiger partial charge in [0.15, 0.2) is 9.84 Å². The Balaban J connectivity index is 3.00. The molecule has 0 heterocycles. The highest BCUT2D eigenvalue weighted by Gasteiger charge is 2.18. The largest absolute Gasteiger partial charge is 0.331 e. The molecule has 0 bridgehead atoms. The fraction of sp³-hybridized carbons (Fsp3) is 0.111. The van der Waals surface area contributed by atoms with Crippen molar-refractivity contribution >= 4 is 26.1 Å². The number of nitriles is 1. The van der Waals surface area contributed by atoms with Crippen LogP contribution in [0.15, 0.2) is 33.6 Å². The Bertz CT molecular complexity index is 770. The summed E-state index contributed by atoms with van der Waals surface area (Å²) >= 11 is 0. The first-order valence-electron chi connectivity index (χ1n) is 4.62. The lowest BCUT2D eigenvalue weighted by atomic mass is 10.2. The molecule has 0 aliphatic rings. The molecule has 100 valence electrons. The maximum atomic E-state index is 11.8. The number of hydrogen-bond donors (Lipinski definition) is 1. The lowest BCUT2D eigenvalue weighted by Crippen LogP contribution is -2.28. The van der Waals surface area contributed by atoms with Crippen LogP contribution in [0.3, 0.4) is 0 Å². The number of nitrogens with one attached hydrogen (secondary N) is 1. The van der Waals surface area contributed by atoms with Gasteiger partial charge in [0, 0.05) is 0 Å². The molecule has 0 amide bonds. The van der Waals surface area contributed by atoms with Gasteiger partial charge in [0.25, 0.3) is 6.08 Å². The van der Waals surface area contributed by atoms with Gasteiger partial charge in [-0.25, -0.2) is 13.2 Å². The third-order valence-electron chi connectivity index (χ3n) is 1.91. The first-order chi connectivity index (χ1) is 8.80. The molecule has 0 atom stereocenters. The quantitative estimate of drug-likeness (QED) is 0.573.